The summed E-state index contributed by atoms with van der Waals surface area (Å²) in [6.45, 7) is 2.47. The lowest BCUT2D eigenvalue weighted by Gasteiger charge is -2.08. The van der Waals surface area contributed by atoms with Crippen molar-refractivity contribution in [2.24, 2.45) is 7.05 Å². The quantitative estimate of drug-likeness (QED) is 0.901. The molecule has 102 valence electrons. The van der Waals surface area contributed by atoms with Crippen LogP contribution in [-0.4, -0.2) is 16.9 Å². The van der Waals surface area contributed by atoms with Crippen LogP contribution >= 0.6 is 0 Å². The third kappa shape index (κ3) is 3.05. The van der Waals surface area contributed by atoms with E-state index in [1.807, 2.05) is 20.2 Å². The molecule has 0 aliphatic rings. The lowest BCUT2D eigenvalue weighted by molar-refractivity contribution is 0.411. The minimum absolute atomic E-state index is 0.270. The van der Waals surface area contributed by atoms with Crippen molar-refractivity contribution in [1.82, 2.24) is 9.78 Å². The molecule has 0 unspecified atom stereocenters. The summed E-state index contributed by atoms with van der Waals surface area (Å²) >= 11 is 0. The number of nitrogens with one attached hydrogen (secondary N) is 1. The van der Waals surface area contributed by atoms with Crippen LogP contribution < -0.4 is 10.1 Å². The highest BCUT2D eigenvalue weighted by molar-refractivity contribution is 5.47. The Labute approximate surface area is 112 Å². The van der Waals surface area contributed by atoms with E-state index < -0.39 is 0 Å². The third-order valence-electron chi connectivity index (χ3n) is 2.97. The molecule has 1 aromatic heterocycles. The number of aryl methyl sites for hydroxylation is 2. The minimum Gasteiger partial charge on any atom is -0.497 e. The number of ether oxygens (including phenoxy) is 1. The number of rotatable bonds is 5. The van der Waals surface area contributed by atoms with Crippen molar-refractivity contribution >= 4 is 5.69 Å². The molecule has 0 saturated heterocycles. The largest absolute Gasteiger partial charge is 0.497 e. The van der Waals surface area contributed by atoms with Crippen LogP contribution in [0.5, 0.6) is 5.75 Å². The van der Waals surface area contributed by atoms with E-state index in [1.54, 1.807) is 16.8 Å². The summed E-state index contributed by atoms with van der Waals surface area (Å²) in [5.41, 5.74) is 2.53. The maximum Gasteiger partial charge on any atom is 0.131 e. The number of hydrogen-bond donors (Lipinski definition) is 1. The molecule has 0 aliphatic carbocycles. The molecule has 0 saturated carbocycles. The van der Waals surface area contributed by atoms with Gasteiger partial charge in [-0.3, -0.25) is 4.68 Å². The second-order valence-corrected chi connectivity index (χ2v) is 4.33. The van der Waals surface area contributed by atoms with Gasteiger partial charge in [0, 0.05) is 31.4 Å². The zero-order valence-corrected chi connectivity index (χ0v) is 11.4. The zero-order chi connectivity index (χ0) is 13.8. The smallest absolute Gasteiger partial charge is 0.131 e. The van der Waals surface area contributed by atoms with E-state index in [1.165, 1.54) is 13.2 Å². The lowest BCUT2D eigenvalue weighted by atomic mass is 10.2. The molecule has 0 radical (unpaired) electrons. The minimum atomic E-state index is -0.270. The Hall–Kier alpha value is -2.04. The monoisotopic (exact) mass is 263 g/mol. The highest BCUT2D eigenvalue weighted by atomic mass is 19.1. The van der Waals surface area contributed by atoms with Crippen LogP contribution in [0.4, 0.5) is 10.1 Å². The molecule has 0 amide bonds. The van der Waals surface area contributed by atoms with Crippen molar-refractivity contribution in [3.05, 3.63) is 41.5 Å². The van der Waals surface area contributed by atoms with Gasteiger partial charge < -0.3 is 10.1 Å². The van der Waals surface area contributed by atoms with Crippen molar-refractivity contribution in [3.63, 3.8) is 0 Å². The molecular weight excluding hydrogens is 245 g/mol. The summed E-state index contributed by atoms with van der Waals surface area (Å²) in [4.78, 5) is 0. The average molecular weight is 263 g/mol. The van der Waals surface area contributed by atoms with Crippen molar-refractivity contribution in [2.75, 3.05) is 12.4 Å². The van der Waals surface area contributed by atoms with Crippen LogP contribution in [0.15, 0.2) is 24.4 Å². The molecule has 0 spiro atoms. The molecule has 1 N–H and O–H groups in total. The topological polar surface area (TPSA) is 39.1 Å². The Kier molecular flexibility index (Phi) is 4.04. The van der Waals surface area contributed by atoms with Crippen molar-refractivity contribution in [1.29, 1.82) is 0 Å². The van der Waals surface area contributed by atoms with Crippen LogP contribution in [-0.2, 0) is 20.0 Å². The van der Waals surface area contributed by atoms with Gasteiger partial charge in [0.1, 0.15) is 11.6 Å². The van der Waals surface area contributed by atoms with Crippen LogP contribution in [0.3, 0.4) is 0 Å². The molecule has 1 aromatic carbocycles. The fourth-order valence-corrected chi connectivity index (χ4v) is 1.93. The molecule has 19 heavy (non-hydrogen) atoms. The first-order valence-electron chi connectivity index (χ1n) is 6.22. The summed E-state index contributed by atoms with van der Waals surface area (Å²) in [7, 11) is 3.40. The molecule has 2 rings (SSSR count). The number of halogens is 1. The Balaban J connectivity index is 2.09. The van der Waals surface area contributed by atoms with Gasteiger partial charge in [0.05, 0.1) is 18.5 Å². The summed E-state index contributed by atoms with van der Waals surface area (Å²) in [6.07, 6.45) is 2.74. The molecular formula is C14H18FN3O. The highest BCUT2D eigenvalue weighted by Crippen LogP contribution is 2.19. The first kappa shape index (κ1) is 13.4. The molecule has 0 bridgehead atoms. The zero-order valence-electron chi connectivity index (χ0n) is 11.4. The van der Waals surface area contributed by atoms with Gasteiger partial charge >= 0.3 is 0 Å². The normalized spacial score (nSPS) is 10.5. The lowest BCUT2D eigenvalue weighted by Crippen LogP contribution is -2.03. The predicted molar refractivity (Wildman–Crippen MR) is 72.9 cm³/mol. The van der Waals surface area contributed by atoms with Crippen molar-refractivity contribution < 1.29 is 9.13 Å². The first-order chi connectivity index (χ1) is 9.13. The molecule has 2 aromatic rings. The van der Waals surface area contributed by atoms with Gasteiger partial charge in [0.15, 0.2) is 0 Å². The van der Waals surface area contributed by atoms with Gasteiger partial charge in [-0.15, -0.1) is 0 Å². The molecule has 0 fully saturated rings. The SMILES string of the molecule is CCc1nn(C)cc1NCc1ccc(OC)cc1F. The highest BCUT2D eigenvalue weighted by Gasteiger charge is 2.08. The van der Waals surface area contributed by atoms with Crippen LogP contribution in [0.1, 0.15) is 18.2 Å². The second-order valence-electron chi connectivity index (χ2n) is 4.33. The fraction of sp³-hybridized carbons (Fsp3) is 0.357. The van der Waals surface area contributed by atoms with E-state index in [0.29, 0.717) is 17.9 Å². The average Bonchev–Trinajstić information content (AvgIpc) is 2.77. The fourth-order valence-electron chi connectivity index (χ4n) is 1.93. The van der Waals surface area contributed by atoms with E-state index in [0.717, 1.165) is 17.8 Å². The third-order valence-corrected chi connectivity index (χ3v) is 2.97. The van der Waals surface area contributed by atoms with Gasteiger partial charge in [0.2, 0.25) is 0 Å². The van der Waals surface area contributed by atoms with Gasteiger partial charge in [-0.1, -0.05) is 13.0 Å². The molecule has 0 atom stereocenters. The van der Waals surface area contributed by atoms with E-state index in [-0.39, 0.29) is 5.82 Å². The Bertz CT molecular complexity index is 566. The Morgan fingerprint density at radius 2 is 2.21 bits per heavy atom. The molecule has 0 aliphatic heterocycles. The predicted octanol–water partition coefficient (Wildman–Crippen LogP) is 2.74. The van der Waals surface area contributed by atoms with E-state index in [4.69, 9.17) is 4.74 Å². The number of benzene rings is 1. The molecule has 1 heterocycles. The standard InChI is InChI=1S/C14H18FN3O/c1-4-13-14(9-18(2)17-13)16-8-10-5-6-11(19-3)7-12(10)15/h5-7,9,16H,4,8H2,1-3H3. The number of hydrogen-bond acceptors (Lipinski definition) is 3. The Morgan fingerprint density at radius 1 is 1.42 bits per heavy atom. The maximum atomic E-state index is 13.8. The number of aromatic nitrogens is 2. The van der Waals surface area contributed by atoms with Crippen LogP contribution in [0, 0.1) is 5.82 Å². The van der Waals surface area contributed by atoms with Crippen molar-refractivity contribution in [3.8, 4) is 5.75 Å². The van der Waals surface area contributed by atoms with Crippen LogP contribution in [0.2, 0.25) is 0 Å². The summed E-state index contributed by atoms with van der Waals surface area (Å²) in [6, 6.07) is 4.87. The number of anilines is 1. The van der Waals surface area contributed by atoms with E-state index in [2.05, 4.69) is 10.4 Å². The summed E-state index contributed by atoms with van der Waals surface area (Å²) < 4.78 is 20.5. The van der Waals surface area contributed by atoms with E-state index >= 15 is 0 Å². The summed E-state index contributed by atoms with van der Waals surface area (Å²) in [5.74, 6) is 0.255. The van der Waals surface area contributed by atoms with Gasteiger partial charge in [-0.25, -0.2) is 4.39 Å². The van der Waals surface area contributed by atoms with Crippen molar-refractivity contribution in [2.45, 2.75) is 19.9 Å². The second kappa shape index (κ2) is 5.73. The van der Waals surface area contributed by atoms with Gasteiger partial charge in [-0.05, 0) is 12.5 Å². The van der Waals surface area contributed by atoms with Gasteiger partial charge in [0.25, 0.3) is 0 Å². The van der Waals surface area contributed by atoms with Crippen LogP contribution in [0.25, 0.3) is 0 Å². The number of methoxy groups -OCH3 is 1. The first-order valence-corrected chi connectivity index (χ1v) is 6.22. The Morgan fingerprint density at radius 3 is 2.84 bits per heavy atom. The maximum absolute atomic E-state index is 13.8. The molecule has 5 heteroatoms. The molecule has 4 nitrogen and oxygen atoms in total. The van der Waals surface area contributed by atoms with E-state index in [9.17, 15) is 4.39 Å². The summed E-state index contributed by atoms with van der Waals surface area (Å²) in [5, 5.41) is 7.55. The number of nitrogens with zero attached hydrogens (tertiary/aromatic N) is 2. The van der Waals surface area contributed by atoms with Gasteiger partial charge in [-0.2, -0.15) is 5.10 Å².